The van der Waals surface area contributed by atoms with Crippen molar-refractivity contribution in [3.63, 3.8) is 0 Å². The molecule has 0 fully saturated rings. The van der Waals surface area contributed by atoms with Crippen molar-refractivity contribution < 1.29 is 9.72 Å². The number of carbonyl (C=O) groups excluding carboxylic acids is 1. The van der Waals surface area contributed by atoms with E-state index in [4.69, 9.17) is 0 Å². The Bertz CT molecular complexity index is 421. The summed E-state index contributed by atoms with van der Waals surface area (Å²) in [5.41, 5.74) is 1.12. The van der Waals surface area contributed by atoms with Crippen LogP contribution < -0.4 is 5.32 Å². The van der Waals surface area contributed by atoms with Crippen molar-refractivity contribution in [3.05, 3.63) is 33.9 Å². The Morgan fingerprint density at radius 3 is 2.75 bits per heavy atom. The third-order valence-corrected chi connectivity index (χ3v) is 2.36. The fraction of sp³-hybridized carbons (Fsp3) is 0.300. The highest BCUT2D eigenvalue weighted by Crippen LogP contribution is 2.24. The molecule has 0 aromatic heterocycles. The van der Waals surface area contributed by atoms with Crippen molar-refractivity contribution in [2.45, 2.75) is 13.3 Å². The molecule has 6 heteroatoms. The maximum Gasteiger partial charge on any atom is 0.274 e. The molecule has 0 heterocycles. The summed E-state index contributed by atoms with van der Waals surface area (Å²) in [6.45, 7) is 1.36. The van der Waals surface area contributed by atoms with Crippen LogP contribution in [0.3, 0.4) is 0 Å². The molecule has 1 N–H and O–H groups in total. The van der Waals surface area contributed by atoms with Gasteiger partial charge < -0.3 is 5.32 Å². The number of carbonyl (C=O) groups is 1. The van der Waals surface area contributed by atoms with E-state index in [1.807, 2.05) is 0 Å². The van der Waals surface area contributed by atoms with Crippen molar-refractivity contribution in [3.8, 4) is 0 Å². The van der Waals surface area contributed by atoms with Gasteiger partial charge in [0.15, 0.2) is 0 Å². The minimum atomic E-state index is -0.441. The molecule has 0 aliphatic carbocycles. The van der Waals surface area contributed by atoms with E-state index in [0.717, 1.165) is 0 Å². The van der Waals surface area contributed by atoms with Gasteiger partial charge in [-0.2, -0.15) is 0 Å². The summed E-state index contributed by atoms with van der Waals surface area (Å²) in [5, 5.41) is 14.0. The van der Waals surface area contributed by atoms with Crippen LogP contribution in [0.5, 0.6) is 0 Å². The minimum Gasteiger partial charge on any atom is -0.326 e. The first kappa shape index (κ1) is 12.6. The molecule has 1 aromatic carbocycles. The standard InChI is InChI=1S/C10H11BrN2O3/c1-7(14)12-9-3-2-8(4-5-11)10(6-9)13(15)16/h2-3,6H,4-5H2,1H3,(H,12,14). The average Bonchev–Trinajstić information content (AvgIpc) is 2.19. The zero-order valence-corrected chi connectivity index (χ0v) is 10.3. The van der Waals surface area contributed by atoms with E-state index < -0.39 is 4.92 Å². The molecular weight excluding hydrogens is 276 g/mol. The second-order valence-electron chi connectivity index (χ2n) is 3.22. The lowest BCUT2D eigenvalue weighted by atomic mass is 10.1. The van der Waals surface area contributed by atoms with Crippen LogP contribution in [-0.4, -0.2) is 16.2 Å². The Labute approximate surface area is 101 Å². The predicted molar refractivity (Wildman–Crippen MR) is 64.9 cm³/mol. The zero-order chi connectivity index (χ0) is 12.1. The Hall–Kier alpha value is -1.43. The fourth-order valence-electron chi connectivity index (χ4n) is 1.33. The molecule has 0 spiro atoms. The fourth-order valence-corrected chi connectivity index (χ4v) is 1.76. The monoisotopic (exact) mass is 286 g/mol. The average molecular weight is 287 g/mol. The molecule has 5 nitrogen and oxygen atoms in total. The summed E-state index contributed by atoms with van der Waals surface area (Å²) < 4.78 is 0. The van der Waals surface area contributed by atoms with Gasteiger partial charge in [-0.25, -0.2) is 0 Å². The Morgan fingerprint density at radius 2 is 2.25 bits per heavy atom. The van der Waals surface area contributed by atoms with Crippen LogP contribution in [0.1, 0.15) is 12.5 Å². The molecule has 16 heavy (non-hydrogen) atoms. The van der Waals surface area contributed by atoms with Gasteiger partial charge >= 0.3 is 0 Å². The van der Waals surface area contributed by atoms with Gasteiger partial charge in [-0.3, -0.25) is 14.9 Å². The second kappa shape index (κ2) is 5.60. The van der Waals surface area contributed by atoms with Gasteiger partial charge in [0.2, 0.25) is 5.91 Å². The first-order valence-corrected chi connectivity index (χ1v) is 5.77. The summed E-state index contributed by atoms with van der Waals surface area (Å²) in [7, 11) is 0. The van der Waals surface area contributed by atoms with Gasteiger partial charge in [0, 0.05) is 29.6 Å². The number of anilines is 1. The van der Waals surface area contributed by atoms with E-state index in [1.54, 1.807) is 12.1 Å². The predicted octanol–water partition coefficient (Wildman–Crippen LogP) is 2.49. The molecule has 0 saturated heterocycles. The molecule has 0 saturated carbocycles. The van der Waals surface area contributed by atoms with Gasteiger partial charge in [-0.05, 0) is 12.5 Å². The van der Waals surface area contributed by atoms with Crippen molar-refractivity contribution >= 4 is 33.2 Å². The lowest BCUT2D eigenvalue weighted by Crippen LogP contribution is -2.06. The number of aryl methyl sites for hydroxylation is 1. The van der Waals surface area contributed by atoms with Crippen LogP contribution in [-0.2, 0) is 11.2 Å². The molecule has 86 valence electrons. The molecule has 0 aliphatic heterocycles. The van der Waals surface area contributed by atoms with Gasteiger partial charge in [-0.1, -0.05) is 22.0 Å². The Kier molecular flexibility index (Phi) is 4.42. The third-order valence-electron chi connectivity index (χ3n) is 1.97. The van der Waals surface area contributed by atoms with Crippen molar-refractivity contribution in [1.29, 1.82) is 0 Å². The highest BCUT2D eigenvalue weighted by molar-refractivity contribution is 9.09. The summed E-state index contributed by atoms with van der Waals surface area (Å²) in [6, 6.07) is 4.69. The van der Waals surface area contributed by atoms with Gasteiger partial charge in [0.1, 0.15) is 0 Å². The maximum absolute atomic E-state index is 10.8. The molecule has 0 unspecified atom stereocenters. The lowest BCUT2D eigenvalue weighted by molar-refractivity contribution is -0.385. The van der Waals surface area contributed by atoms with Crippen LogP contribution in [0.2, 0.25) is 0 Å². The SMILES string of the molecule is CC(=O)Nc1ccc(CCBr)c([N+](=O)[O-])c1. The molecule has 0 radical (unpaired) electrons. The van der Waals surface area contributed by atoms with E-state index in [0.29, 0.717) is 23.0 Å². The number of hydrogen-bond acceptors (Lipinski definition) is 3. The molecular formula is C10H11BrN2O3. The van der Waals surface area contributed by atoms with Gasteiger partial charge in [0.25, 0.3) is 5.69 Å². The Morgan fingerprint density at radius 1 is 1.56 bits per heavy atom. The summed E-state index contributed by atoms with van der Waals surface area (Å²) >= 11 is 3.24. The van der Waals surface area contributed by atoms with Crippen LogP contribution in [0.4, 0.5) is 11.4 Å². The van der Waals surface area contributed by atoms with E-state index in [9.17, 15) is 14.9 Å². The first-order valence-electron chi connectivity index (χ1n) is 4.65. The number of amides is 1. The molecule has 0 atom stereocenters. The zero-order valence-electron chi connectivity index (χ0n) is 8.70. The first-order chi connectivity index (χ1) is 7.54. The van der Waals surface area contributed by atoms with Crippen LogP contribution >= 0.6 is 15.9 Å². The van der Waals surface area contributed by atoms with Crippen molar-refractivity contribution in [1.82, 2.24) is 0 Å². The number of nitro benzene ring substituents is 1. The van der Waals surface area contributed by atoms with Crippen LogP contribution in [0, 0.1) is 10.1 Å². The van der Waals surface area contributed by atoms with Crippen molar-refractivity contribution in [2.24, 2.45) is 0 Å². The smallest absolute Gasteiger partial charge is 0.274 e. The molecule has 1 rings (SSSR count). The lowest BCUT2D eigenvalue weighted by Gasteiger charge is -2.05. The van der Waals surface area contributed by atoms with Crippen molar-refractivity contribution in [2.75, 3.05) is 10.6 Å². The summed E-state index contributed by atoms with van der Waals surface area (Å²) in [6.07, 6.45) is 0.580. The Balaban J connectivity index is 3.06. The van der Waals surface area contributed by atoms with Crippen LogP contribution in [0.25, 0.3) is 0 Å². The van der Waals surface area contributed by atoms with E-state index >= 15 is 0 Å². The third kappa shape index (κ3) is 3.30. The number of benzene rings is 1. The van der Waals surface area contributed by atoms with E-state index in [2.05, 4.69) is 21.2 Å². The minimum absolute atomic E-state index is 0.0331. The number of hydrogen-bond donors (Lipinski definition) is 1. The maximum atomic E-state index is 10.8. The number of halogens is 1. The highest BCUT2D eigenvalue weighted by atomic mass is 79.9. The normalized spacial score (nSPS) is 9.88. The number of rotatable bonds is 4. The molecule has 0 aliphatic rings. The molecule has 1 aromatic rings. The van der Waals surface area contributed by atoms with Gasteiger partial charge in [0.05, 0.1) is 4.92 Å². The van der Waals surface area contributed by atoms with Gasteiger partial charge in [-0.15, -0.1) is 0 Å². The number of alkyl halides is 1. The summed E-state index contributed by atoms with van der Waals surface area (Å²) in [4.78, 5) is 21.2. The number of nitrogens with one attached hydrogen (secondary N) is 1. The molecule has 1 amide bonds. The number of nitro groups is 1. The molecule has 0 bridgehead atoms. The highest BCUT2D eigenvalue weighted by Gasteiger charge is 2.14. The largest absolute Gasteiger partial charge is 0.326 e. The van der Waals surface area contributed by atoms with E-state index in [-0.39, 0.29) is 11.6 Å². The van der Waals surface area contributed by atoms with E-state index in [1.165, 1.54) is 13.0 Å². The topological polar surface area (TPSA) is 72.2 Å². The summed E-state index contributed by atoms with van der Waals surface area (Å²) in [5.74, 6) is -0.248. The van der Waals surface area contributed by atoms with Crippen LogP contribution in [0.15, 0.2) is 18.2 Å². The second-order valence-corrected chi connectivity index (χ2v) is 4.01. The quantitative estimate of drug-likeness (QED) is 0.525. The number of nitrogens with zero attached hydrogens (tertiary/aromatic N) is 1.